The fourth-order valence-electron chi connectivity index (χ4n) is 2.98. The zero-order chi connectivity index (χ0) is 18.4. The minimum Gasteiger partial charge on any atom is -0.367 e. The molecule has 0 aromatic heterocycles. The van der Waals surface area contributed by atoms with Crippen molar-refractivity contribution >= 4 is 40.6 Å². The maximum absolute atomic E-state index is 12.4. The molecule has 1 aliphatic rings. The Kier molecular flexibility index (Phi) is 6.83. The number of thioether (sulfide) groups is 1. The van der Waals surface area contributed by atoms with Crippen LogP contribution in [-0.2, 0) is 10.5 Å². The van der Waals surface area contributed by atoms with E-state index in [1.165, 1.54) is 0 Å². The van der Waals surface area contributed by atoms with Gasteiger partial charge >= 0.3 is 0 Å². The second kappa shape index (κ2) is 9.31. The summed E-state index contributed by atoms with van der Waals surface area (Å²) in [5.41, 5.74) is 3.13. The van der Waals surface area contributed by atoms with Crippen molar-refractivity contribution < 1.29 is 4.79 Å². The molecule has 0 bridgehead atoms. The molecule has 0 radical (unpaired) electrons. The van der Waals surface area contributed by atoms with Crippen molar-refractivity contribution in [2.45, 2.75) is 5.75 Å². The van der Waals surface area contributed by atoms with Crippen LogP contribution in [0, 0.1) is 0 Å². The molecule has 0 unspecified atom stereocenters. The second-order valence-electron chi connectivity index (χ2n) is 6.48. The maximum atomic E-state index is 12.4. The minimum atomic E-state index is 0.0265. The van der Waals surface area contributed by atoms with E-state index in [4.69, 9.17) is 11.6 Å². The summed E-state index contributed by atoms with van der Waals surface area (Å²) in [6.45, 7) is 4.04. The van der Waals surface area contributed by atoms with E-state index in [1.807, 2.05) is 42.5 Å². The number of carbonyl (C=O) groups excluding carboxylic acids is 1. The van der Waals surface area contributed by atoms with Gasteiger partial charge in [0.1, 0.15) is 0 Å². The lowest BCUT2D eigenvalue weighted by atomic mass is 10.2. The van der Waals surface area contributed by atoms with Gasteiger partial charge in [0.25, 0.3) is 0 Å². The van der Waals surface area contributed by atoms with E-state index in [0.29, 0.717) is 5.75 Å². The summed E-state index contributed by atoms with van der Waals surface area (Å²) in [5.74, 6) is 1.22. The first-order chi connectivity index (χ1) is 12.6. The molecule has 1 saturated heterocycles. The average Bonchev–Trinajstić information content (AvgIpc) is 2.63. The predicted molar refractivity (Wildman–Crippen MR) is 112 cm³/mol. The topological polar surface area (TPSA) is 35.6 Å². The van der Waals surface area contributed by atoms with Crippen LogP contribution in [-0.4, -0.2) is 49.8 Å². The van der Waals surface area contributed by atoms with E-state index in [0.717, 1.165) is 53.9 Å². The first-order valence-corrected chi connectivity index (χ1v) is 10.3. The molecule has 1 fully saturated rings. The van der Waals surface area contributed by atoms with Crippen LogP contribution in [0.3, 0.4) is 0 Å². The predicted octanol–water partition coefficient (Wildman–Crippen LogP) is 3.96. The lowest BCUT2D eigenvalue weighted by Crippen LogP contribution is -2.44. The Bertz CT molecular complexity index is 747. The van der Waals surface area contributed by atoms with E-state index in [1.54, 1.807) is 11.8 Å². The molecular weight excluding hydrogens is 366 g/mol. The molecule has 0 aliphatic carbocycles. The molecule has 4 nitrogen and oxygen atoms in total. The molecule has 1 heterocycles. The summed E-state index contributed by atoms with van der Waals surface area (Å²) in [4.78, 5) is 17.0. The van der Waals surface area contributed by atoms with Crippen LogP contribution < -0.4 is 10.2 Å². The summed E-state index contributed by atoms with van der Waals surface area (Å²) in [5, 5.41) is 3.81. The van der Waals surface area contributed by atoms with Gasteiger partial charge in [-0.15, -0.1) is 11.8 Å². The Labute approximate surface area is 164 Å². The molecule has 26 heavy (non-hydrogen) atoms. The molecule has 1 N–H and O–H groups in total. The van der Waals surface area contributed by atoms with Gasteiger partial charge in [0.2, 0.25) is 5.91 Å². The summed E-state index contributed by atoms with van der Waals surface area (Å²) in [6, 6.07) is 15.8. The number of piperazine rings is 1. The molecule has 138 valence electrons. The Balaban J connectivity index is 1.54. The van der Waals surface area contributed by atoms with Gasteiger partial charge in [-0.3, -0.25) is 4.79 Å². The first kappa shape index (κ1) is 19.1. The first-order valence-electron chi connectivity index (χ1n) is 8.76. The molecule has 1 amide bonds. The van der Waals surface area contributed by atoms with E-state index >= 15 is 0 Å². The third-order valence-corrected chi connectivity index (χ3v) is 5.65. The normalized spacial score (nSPS) is 15.1. The summed E-state index contributed by atoms with van der Waals surface area (Å²) in [6.07, 6.45) is 0. The number of nitrogens with one attached hydrogen (secondary N) is 1. The Morgan fingerprint density at radius 3 is 2.65 bits per heavy atom. The largest absolute Gasteiger partial charge is 0.367 e. The molecule has 0 spiro atoms. The van der Waals surface area contributed by atoms with Crippen molar-refractivity contribution in [1.82, 2.24) is 4.90 Å². The third-order valence-electron chi connectivity index (χ3n) is 4.41. The van der Waals surface area contributed by atoms with Crippen molar-refractivity contribution in [3.63, 3.8) is 0 Å². The summed E-state index contributed by atoms with van der Waals surface area (Å²) >= 11 is 7.59. The van der Waals surface area contributed by atoms with Gasteiger partial charge in [-0.25, -0.2) is 0 Å². The number of rotatable bonds is 6. The Hall–Kier alpha value is -1.69. The van der Waals surface area contributed by atoms with Gasteiger partial charge in [0.05, 0.1) is 17.1 Å². The van der Waals surface area contributed by atoms with Crippen molar-refractivity contribution in [3.05, 3.63) is 59.1 Å². The van der Waals surface area contributed by atoms with Crippen LogP contribution in [0.4, 0.5) is 11.4 Å². The fraction of sp³-hybridized carbons (Fsp3) is 0.350. The van der Waals surface area contributed by atoms with Crippen LogP contribution in [0.25, 0.3) is 0 Å². The number of carbonyl (C=O) groups is 1. The summed E-state index contributed by atoms with van der Waals surface area (Å²) < 4.78 is 0. The zero-order valence-electron chi connectivity index (χ0n) is 15.0. The third kappa shape index (κ3) is 5.40. The van der Waals surface area contributed by atoms with Crippen molar-refractivity contribution in [2.75, 3.05) is 49.2 Å². The number of para-hydroxylation sites is 2. The van der Waals surface area contributed by atoms with Gasteiger partial charge in [-0.1, -0.05) is 35.9 Å². The van der Waals surface area contributed by atoms with Gasteiger partial charge < -0.3 is 15.1 Å². The number of amides is 1. The van der Waals surface area contributed by atoms with E-state index in [2.05, 4.69) is 28.2 Å². The number of anilines is 2. The molecular formula is C20H24ClN3OS. The zero-order valence-corrected chi connectivity index (χ0v) is 16.5. The van der Waals surface area contributed by atoms with Crippen LogP contribution in [0.1, 0.15) is 5.56 Å². The van der Waals surface area contributed by atoms with Crippen LogP contribution in [0.5, 0.6) is 0 Å². The standard InChI is InChI=1S/C20H24ClN3OS/c1-23-9-11-24(12-10-23)19-8-3-2-7-18(19)22-20(25)15-26-14-16-5-4-6-17(21)13-16/h2-8,13H,9-12,14-15H2,1H3,(H,22,25). The maximum Gasteiger partial charge on any atom is 0.234 e. The molecule has 3 rings (SSSR count). The smallest absolute Gasteiger partial charge is 0.234 e. The van der Waals surface area contributed by atoms with E-state index in [9.17, 15) is 4.79 Å². The van der Waals surface area contributed by atoms with Crippen molar-refractivity contribution in [3.8, 4) is 0 Å². The van der Waals surface area contributed by atoms with Gasteiger partial charge in [0, 0.05) is 37.0 Å². The number of hydrogen-bond acceptors (Lipinski definition) is 4. The second-order valence-corrected chi connectivity index (χ2v) is 7.90. The monoisotopic (exact) mass is 389 g/mol. The average molecular weight is 390 g/mol. The highest BCUT2D eigenvalue weighted by Crippen LogP contribution is 2.27. The Morgan fingerprint density at radius 2 is 1.88 bits per heavy atom. The van der Waals surface area contributed by atoms with Crippen molar-refractivity contribution in [1.29, 1.82) is 0 Å². The Morgan fingerprint density at radius 1 is 1.12 bits per heavy atom. The SMILES string of the molecule is CN1CCN(c2ccccc2NC(=O)CSCc2cccc(Cl)c2)CC1. The highest BCUT2D eigenvalue weighted by atomic mass is 35.5. The number of nitrogens with zero attached hydrogens (tertiary/aromatic N) is 2. The number of hydrogen-bond donors (Lipinski definition) is 1. The molecule has 2 aromatic rings. The van der Waals surface area contributed by atoms with Gasteiger partial charge in [-0.05, 0) is 36.9 Å². The summed E-state index contributed by atoms with van der Waals surface area (Å²) in [7, 11) is 2.14. The highest BCUT2D eigenvalue weighted by Gasteiger charge is 2.17. The van der Waals surface area contributed by atoms with Gasteiger partial charge in [0.15, 0.2) is 0 Å². The molecule has 6 heteroatoms. The fourth-order valence-corrected chi connectivity index (χ4v) is 3.96. The van der Waals surface area contributed by atoms with Gasteiger partial charge in [-0.2, -0.15) is 0 Å². The van der Waals surface area contributed by atoms with Crippen LogP contribution in [0.15, 0.2) is 48.5 Å². The lowest BCUT2D eigenvalue weighted by molar-refractivity contribution is -0.113. The van der Waals surface area contributed by atoms with Crippen molar-refractivity contribution in [2.24, 2.45) is 0 Å². The highest BCUT2D eigenvalue weighted by molar-refractivity contribution is 7.99. The lowest BCUT2D eigenvalue weighted by Gasteiger charge is -2.35. The van der Waals surface area contributed by atoms with E-state index < -0.39 is 0 Å². The molecule has 0 saturated carbocycles. The minimum absolute atomic E-state index is 0.0265. The van der Waals surface area contributed by atoms with E-state index in [-0.39, 0.29) is 5.91 Å². The number of likely N-dealkylation sites (N-methyl/N-ethyl adjacent to an activating group) is 1. The quantitative estimate of drug-likeness (QED) is 0.811. The molecule has 1 aliphatic heterocycles. The molecule has 0 atom stereocenters. The van der Waals surface area contributed by atoms with Crippen LogP contribution >= 0.6 is 23.4 Å². The van der Waals surface area contributed by atoms with Crippen LogP contribution in [0.2, 0.25) is 5.02 Å². The molecule has 2 aromatic carbocycles. The number of halogens is 1. The number of benzene rings is 2.